The summed E-state index contributed by atoms with van der Waals surface area (Å²) in [5.41, 5.74) is 3.82. The highest BCUT2D eigenvalue weighted by Crippen LogP contribution is 2.27. The van der Waals surface area contributed by atoms with E-state index in [9.17, 15) is 4.79 Å². The molecule has 6 heteroatoms. The molecule has 1 N–H and O–H groups in total. The van der Waals surface area contributed by atoms with Gasteiger partial charge in [0.1, 0.15) is 5.82 Å². The van der Waals surface area contributed by atoms with Gasteiger partial charge in [0.2, 0.25) is 6.41 Å². The fraction of sp³-hybridized carbons (Fsp3) is 0.176. The van der Waals surface area contributed by atoms with Crippen LogP contribution in [0, 0.1) is 0 Å². The summed E-state index contributed by atoms with van der Waals surface area (Å²) >= 11 is 6.16. The van der Waals surface area contributed by atoms with Gasteiger partial charge in [-0.15, -0.1) is 0 Å². The third-order valence-corrected chi connectivity index (χ3v) is 3.83. The standard InChI is InChI=1S/C17H17ClN4O/c1-21(2)10-12-3-5-13(6-4-12)15-7-8-16-14(18)9-17(19-11-23)22(16)20-15/h3-9,11H,10H2,1-2H3,(H,19,23). The van der Waals surface area contributed by atoms with Crippen molar-refractivity contribution in [1.82, 2.24) is 14.5 Å². The second kappa shape index (κ2) is 6.40. The smallest absolute Gasteiger partial charge is 0.212 e. The Bertz CT molecular complexity index is 840. The van der Waals surface area contributed by atoms with Crippen LogP contribution in [0.15, 0.2) is 42.5 Å². The Balaban J connectivity index is 1.99. The van der Waals surface area contributed by atoms with Crippen molar-refractivity contribution in [2.45, 2.75) is 6.54 Å². The van der Waals surface area contributed by atoms with Gasteiger partial charge in [0, 0.05) is 18.2 Å². The third-order valence-electron chi connectivity index (χ3n) is 3.53. The van der Waals surface area contributed by atoms with Crippen LogP contribution in [0.3, 0.4) is 0 Å². The Kier molecular flexibility index (Phi) is 4.32. The summed E-state index contributed by atoms with van der Waals surface area (Å²) in [4.78, 5) is 12.8. The number of halogens is 1. The van der Waals surface area contributed by atoms with Gasteiger partial charge in [-0.3, -0.25) is 4.79 Å². The van der Waals surface area contributed by atoms with E-state index >= 15 is 0 Å². The third kappa shape index (κ3) is 3.21. The molecule has 118 valence electrons. The molecule has 0 atom stereocenters. The van der Waals surface area contributed by atoms with Crippen molar-refractivity contribution in [3.8, 4) is 11.3 Å². The molecule has 0 aliphatic heterocycles. The summed E-state index contributed by atoms with van der Waals surface area (Å²) in [6.07, 6.45) is 0.614. The number of amides is 1. The van der Waals surface area contributed by atoms with Gasteiger partial charge >= 0.3 is 0 Å². The zero-order valence-electron chi connectivity index (χ0n) is 13.0. The van der Waals surface area contributed by atoms with Crippen LogP contribution in [0.5, 0.6) is 0 Å². The molecule has 0 unspecified atom stereocenters. The van der Waals surface area contributed by atoms with Gasteiger partial charge in [-0.05, 0) is 31.8 Å². The van der Waals surface area contributed by atoms with E-state index < -0.39 is 0 Å². The lowest BCUT2D eigenvalue weighted by atomic mass is 10.1. The molecule has 23 heavy (non-hydrogen) atoms. The molecule has 0 radical (unpaired) electrons. The number of aromatic nitrogens is 2. The Labute approximate surface area is 139 Å². The summed E-state index contributed by atoms with van der Waals surface area (Å²) in [5, 5.41) is 7.74. The molecule has 2 aromatic heterocycles. The van der Waals surface area contributed by atoms with Crippen molar-refractivity contribution in [3.05, 3.63) is 53.1 Å². The minimum absolute atomic E-state index is 0.547. The fourth-order valence-electron chi connectivity index (χ4n) is 2.51. The number of hydrogen-bond acceptors (Lipinski definition) is 3. The molecule has 0 saturated carbocycles. The summed E-state index contributed by atoms with van der Waals surface area (Å²) < 4.78 is 1.64. The molecule has 3 rings (SSSR count). The van der Waals surface area contributed by atoms with Crippen molar-refractivity contribution >= 4 is 29.3 Å². The van der Waals surface area contributed by atoms with E-state index in [0.717, 1.165) is 23.3 Å². The Morgan fingerprint density at radius 3 is 2.61 bits per heavy atom. The van der Waals surface area contributed by atoms with Crippen LogP contribution >= 0.6 is 11.6 Å². The predicted octanol–water partition coefficient (Wildman–Crippen LogP) is 3.28. The van der Waals surface area contributed by atoms with Crippen molar-refractivity contribution in [3.63, 3.8) is 0 Å². The zero-order chi connectivity index (χ0) is 16.4. The first-order valence-electron chi connectivity index (χ1n) is 7.21. The molecular weight excluding hydrogens is 312 g/mol. The van der Waals surface area contributed by atoms with Crippen LogP contribution in [0.2, 0.25) is 5.02 Å². The lowest BCUT2D eigenvalue weighted by molar-refractivity contribution is -0.105. The number of hydrogen-bond donors (Lipinski definition) is 1. The second-order valence-electron chi connectivity index (χ2n) is 5.59. The van der Waals surface area contributed by atoms with Crippen molar-refractivity contribution in [2.75, 3.05) is 19.4 Å². The quantitative estimate of drug-likeness (QED) is 0.731. The fourth-order valence-corrected chi connectivity index (χ4v) is 2.75. The van der Waals surface area contributed by atoms with Gasteiger partial charge < -0.3 is 10.2 Å². The van der Waals surface area contributed by atoms with Crippen molar-refractivity contribution in [2.24, 2.45) is 0 Å². The van der Waals surface area contributed by atoms with Gasteiger partial charge in [0.25, 0.3) is 0 Å². The van der Waals surface area contributed by atoms with Gasteiger partial charge in [0.15, 0.2) is 0 Å². The molecule has 0 saturated heterocycles. The zero-order valence-corrected chi connectivity index (χ0v) is 13.7. The first-order valence-corrected chi connectivity index (χ1v) is 7.59. The number of anilines is 1. The number of benzene rings is 1. The van der Waals surface area contributed by atoms with E-state index in [1.54, 1.807) is 10.6 Å². The van der Waals surface area contributed by atoms with E-state index in [1.165, 1.54) is 5.56 Å². The van der Waals surface area contributed by atoms with Gasteiger partial charge in [0.05, 0.1) is 16.2 Å². The number of nitrogens with zero attached hydrogens (tertiary/aromatic N) is 3. The minimum atomic E-state index is 0.547. The number of fused-ring (bicyclic) bond motifs is 1. The van der Waals surface area contributed by atoms with Gasteiger partial charge in [-0.1, -0.05) is 35.9 Å². The van der Waals surface area contributed by atoms with Crippen LogP contribution in [0.1, 0.15) is 5.56 Å². The van der Waals surface area contributed by atoms with Crippen LogP contribution in [-0.2, 0) is 11.3 Å². The summed E-state index contributed by atoms with van der Waals surface area (Å²) in [6, 6.07) is 13.8. The normalized spacial score (nSPS) is 11.1. The molecule has 2 heterocycles. The largest absolute Gasteiger partial charge is 0.313 e. The summed E-state index contributed by atoms with van der Waals surface area (Å²) in [6.45, 7) is 0.896. The maximum Gasteiger partial charge on any atom is 0.212 e. The van der Waals surface area contributed by atoms with Gasteiger partial charge in [-0.2, -0.15) is 5.10 Å². The highest BCUT2D eigenvalue weighted by Gasteiger charge is 2.10. The van der Waals surface area contributed by atoms with E-state index in [4.69, 9.17) is 11.6 Å². The molecule has 5 nitrogen and oxygen atoms in total. The molecule has 0 aliphatic rings. The highest BCUT2D eigenvalue weighted by atomic mass is 35.5. The number of nitrogens with one attached hydrogen (secondary N) is 1. The molecular formula is C17H17ClN4O. The average molecular weight is 329 g/mol. The first-order chi connectivity index (χ1) is 11.1. The summed E-state index contributed by atoms with van der Waals surface area (Å²) in [7, 11) is 4.08. The molecule has 0 aliphatic carbocycles. The Morgan fingerprint density at radius 1 is 1.22 bits per heavy atom. The first kappa shape index (κ1) is 15.5. The van der Waals surface area contributed by atoms with Crippen molar-refractivity contribution in [1.29, 1.82) is 0 Å². The average Bonchev–Trinajstić information content (AvgIpc) is 2.84. The maximum atomic E-state index is 10.7. The molecule has 0 bridgehead atoms. The summed E-state index contributed by atoms with van der Waals surface area (Å²) in [5.74, 6) is 0.547. The Morgan fingerprint density at radius 2 is 1.96 bits per heavy atom. The van der Waals surface area contributed by atoms with Crippen LogP contribution < -0.4 is 5.32 Å². The lowest BCUT2D eigenvalue weighted by Crippen LogP contribution is -2.10. The minimum Gasteiger partial charge on any atom is -0.313 e. The number of carbonyl (C=O) groups is 1. The monoisotopic (exact) mass is 328 g/mol. The van der Waals surface area contributed by atoms with Crippen LogP contribution in [-0.4, -0.2) is 35.0 Å². The van der Waals surface area contributed by atoms with E-state index in [-0.39, 0.29) is 0 Å². The predicted molar refractivity (Wildman–Crippen MR) is 92.7 cm³/mol. The Hall–Kier alpha value is -2.37. The SMILES string of the molecule is CN(C)Cc1ccc(-c2ccc3c(Cl)cc(NC=O)n3n2)cc1. The topological polar surface area (TPSA) is 49.6 Å². The van der Waals surface area contributed by atoms with E-state index in [1.807, 2.05) is 38.4 Å². The second-order valence-corrected chi connectivity index (χ2v) is 6.00. The molecule has 0 fully saturated rings. The molecule has 0 spiro atoms. The van der Waals surface area contributed by atoms with Crippen LogP contribution in [0.25, 0.3) is 16.8 Å². The van der Waals surface area contributed by atoms with E-state index in [0.29, 0.717) is 17.3 Å². The van der Waals surface area contributed by atoms with E-state index in [2.05, 4.69) is 27.4 Å². The number of rotatable bonds is 5. The number of carbonyl (C=O) groups excluding carboxylic acids is 1. The lowest BCUT2D eigenvalue weighted by Gasteiger charge is -2.10. The molecule has 1 aromatic carbocycles. The van der Waals surface area contributed by atoms with Crippen molar-refractivity contribution < 1.29 is 4.79 Å². The van der Waals surface area contributed by atoms with Crippen LogP contribution in [0.4, 0.5) is 5.82 Å². The maximum absolute atomic E-state index is 10.7. The highest BCUT2D eigenvalue weighted by molar-refractivity contribution is 6.34. The molecule has 3 aromatic rings. The van der Waals surface area contributed by atoms with Gasteiger partial charge in [-0.25, -0.2) is 4.52 Å². The molecule has 1 amide bonds.